The second-order valence-corrected chi connectivity index (χ2v) is 3.48. The van der Waals surface area contributed by atoms with Crippen LogP contribution in [-0.4, -0.2) is 9.55 Å². The van der Waals surface area contributed by atoms with Crippen molar-refractivity contribution in [3.05, 3.63) is 60.7 Å². The van der Waals surface area contributed by atoms with Gasteiger partial charge in [-0.05, 0) is 37.3 Å². The molecule has 0 amide bonds. The molecule has 0 fully saturated rings. The SMILES string of the molecule is C=Cc1cccn1C(C)c1ccccn1. The van der Waals surface area contributed by atoms with Crippen LogP contribution in [0.1, 0.15) is 24.4 Å². The molecule has 1 atom stereocenters. The highest BCUT2D eigenvalue weighted by Gasteiger charge is 2.09. The normalized spacial score (nSPS) is 12.3. The van der Waals surface area contributed by atoms with E-state index >= 15 is 0 Å². The highest BCUT2D eigenvalue weighted by Crippen LogP contribution is 2.18. The van der Waals surface area contributed by atoms with E-state index in [1.807, 2.05) is 42.6 Å². The van der Waals surface area contributed by atoms with Gasteiger partial charge in [-0.1, -0.05) is 12.6 Å². The highest BCUT2D eigenvalue weighted by molar-refractivity contribution is 5.43. The van der Waals surface area contributed by atoms with Gasteiger partial charge in [0.25, 0.3) is 0 Å². The first-order valence-corrected chi connectivity index (χ1v) is 5.03. The molecule has 76 valence electrons. The maximum absolute atomic E-state index is 4.35. The lowest BCUT2D eigenvalue weighted by Crippen LogP contribution is -2.08. The van der Waals surface area contributed by atoms with Gasteiger partial charge in [-0.15, -0.1) is 0 Å². The molecule has 0 spiro atoms. The molecule has 0 aromatic carbocycles. The van der Waals surface area contributed by atoms with Gasteiger partial charge in [0, 0.05) is 18.1 Å². The van der Waals surface area contributed by atoms with E-state index in [0.29, 0.717) is 0 Å². The van der Waals surface area contributed by atoms with Crippen LogP contribution in [0.3, 0.4) is 0 Å². The van der Waals surface area contributed by atoms with Gasteiger partial charge in [0.15, 0.2) is 0 Å². The van der Waals surface area contributed by atoms with E-state index < -0.39 is 0 Å². The Kier molecular flexibility index (Phi) is 2.68. The van der Waals surface area contributed by atoms with E-state index in [1.54, 1.807) is 0 Å². The third-order valence-electron chi connectivity index (χ3n) is 2.55. The Hall–Kier alpha value is -1.83. The van der Waals surface area contributed by atoms with Gasteiger partial charge in [-0.3, -0.25) is 4.98 Å². The summed E-state index contributed by atoms with van der Waals surface area (Å²) in [6, 6.07) is 10.3. The molecule has 0 radical (unpaired) electrons. The maximum Gasteiger partial charge on any atom is 0.0728 e. The van der Waals surface area contributed by atoms with Crippen LogP contribution in [0, 0.1) is 0 Å². The van der Waals surface area contributed by atoms with E-state index in [-0.39, 0.29) is 6.04 Å². The van der Waals surface area contributed by atoms with Crippen LogP contribution >= 0.6 is 0 Å². The lowest BCUT2D eigenvalue weighted by molar-refractivity contribution is 0.620. The first kappa shape index (κ1) is 9.71. The van der Waals surface area contributed by atoms with E-state index in [0.717, 1.165) is 11.4 Å². The van der Waals surface area contributed by atoms with Crippen LogP contribution < -0.4 is 0 Å². The molecule has 0 N–H and O–H groups in total. The zero-order valence-corrected chi connectivity index (χ0v) is 8.80. The van der Waals surface area contributed by atoms with Crippen LogP contribution in [0.15, 0.2) is 49.3 Å². The van der Waals surface area contributed by atoms with Crippen molar-refractivity contribution in [3.63, 3.8) is 0 Å². The van der Waals surface area contributed by atoms with Crippen molar-refractivity contribution in [2.45, 2.75) is 13.0 Å². The minimum atomic E-state index is 0.245. The summed E-state index contributed by atoms with van der Waals surface area (Å²) in [5.74, 6) is 0. The average Bonchev–Trinajstić information content (AvgIpc) is 2.77. The quantitative estimate of drug-likeness (QED) is 0.740. The Bertz CT molecular complexity index is 443. The van der Waals surface area contributed by atoms with Crippen LogP contribution in [0.5, 0.6) is 0 Å². The number of rotatable bonds is 3. The summed E-state index contributed by atoms with van der Waals surface area (Å²) in [4.78, 5) is 4.35. The van der Waals surface area contributed by atoms with Crippen molar-refractivity contribution in [1.82, 2.24) is 9.55 Å². The lowest BCUT2D eigenvalue weighted by atomic mass is 10.2. The summed E-state index contributed by atoms with van der Waals surface area (Å²) >= 11 is 0. The van der Waals surface area contributed by atoms with E-state index in [4.69, 9.17) is 0 Å². The molecule has 0 aliphatic carbocycles. The molecule has 0 bridgehead atoms. The number of hydrogen-bond donors (Lipinski definition) is 0. The van der Waals surface area contributed by atoms with Crippen LogP contribution in [0.25, 0.3) is 6.08 Å². The molecule has 2 heterocycles. The van der Waals surface area contributed by atoms with Gasteiger partial charge >= 0.3 is 0 Å². The monoisotopic (exact) mass is 198 g/mol. The molecule has 15 heavy (non-hydrogen) atoms. The van der Waals surface area contributed by atoms with E-state index in [9.17, 15) is 0 Å². The zero-order valence-electron chi connectivity index (χ0n) is 8.80. The molecule has 2 aromatic heterocycles. The van der Waals surface area contributed by atoms with Crippen molar-refractivity contribution in [3.8, 4) is 0 Å². The largest absolute Gasteiger partial charge is 0.339 e. The number of aromatic nitrogens is 2. The molecular formula is C13H14N2. The summed E-state index contributed by atoms with van der Waals surface area (Å²) in [5, 5.41) is 0. The third kappa shape index (κ3) is 1.84. The van der Waals surface area contributed by atoms with Crippen LogP contribution in [0.2, 0.25) is 0 Å². The van der Waals surface area contributed by atoms with Crippen molar-refractivity contribution in [2.75, 3.05) is 0 Å². The second-order valence-electron chi connectivity index (χ2n) is 3.48. The molecule has 0 aliphatic rings. The number of nitrogens with zero attached hydrogens (tertiary/aromatic N) is 2. The van der Waals surface area contributed by atoms with Crippen LogP contribution in [-0.2, 0) is 0 Å². The summed E-state index contributed by atoms with van der Waals surface area (Å²) in [6.45, 7) is 5.93. The first-order valence-electron chi connectivity index (χ1n) is 5.03. The maximum atomic E-state index is 4.35. The minimum absolute atomic E-state index is 0.245. The molecule has 1 unspecified atom stereocenters. The number of hydrogen-bond acceptors (Lipinski definition) is 1. The molecule has 0 saturated carbocycles. The van der Waals surface area contributed by atoms with Crippen molar-refractivity contribution in [1.29, 1.82) is 0 Å². The summed E-state index contributed by atoms with van der Waals surface area (Å²) < 4.78 is 2.16. The van der Waals surface area contributed by atoms with Crippen LogP contribution in [0.4, 0.5) is 0 Å². The Balaban J connectivity index is 2.36. The van der Waals surface area contributed by atoms with Gasteiger partial charge in [-0.25, -0.2) is 0 Å². The van der Waals surface area contributed by atoms with Gasteiger partial charge in [0.05, 0.1) is 11.7 Å². The Morgan fingerprint density at radius 3 is 2.87 bits per heavy atom. The fraction of sp³-hybridized carbons (Fsp3) is 0.154. The van der Waals surface area contributed by atoms with Crippen molar-refractivity contribution < 1.29 is 0 Å². The zero-order chi connectivity index (χ0) is 10.7. The predicted octanol–water partition coefficient (Wildman–Crippen LogP) is 3.14. The van der Waals surface area contributed by atoms with E-state index in [2.05, 4.69) is 29.3 Å². The summed E-state index contributed by atoms with van der Waals surface area (Å²) in [6.07, 6.45) is 5.73. The Morgan fingerprint density at radius 2 is 2.20 bits per heavy atom. The Labute approximate surface area is 89.9 Å². The fourth-order valence-corrected chi connectivity index (χ4v) is 1.70. The molecule has 0 aliphatic heterocycles. The molecule has 2 heteroatoms. The standard InChI is InChI=1S/C13H14N2/c1-3-12-7-6-10-15(12)11(2)13-8-4-5-9-14-13/h3-11H,1H2,2H3. The van der Waals surface area contributed by atoms with Gasteiger partial charge in [-0.2, -0.15) is 0 Å². The topological polar surface area (TPSA) is 17.8 Å². The van der Waals surface area contributed by atoms with Gasteiger partial charge in [0.1, 0.15) is 0 Å². The lowest BCUT2D eigenvalue weighted by Gasteiger charge is -2.15. The predicted molar refractivity (Wildman–Crippen MR) is 62.6 cm³/mol. The van der Waals surface area contributed by atoms with Gasteiger partial charge in [0.2, 0.25) is 0 Å². The average molecular weight is 198 g/mol. The third-order valence-corrected chi connectivity index (χ3v) is 2.55. The Morgan fingerprint density at radius 1 is 1.33 bits per heavy atom. The van der Waals surface area contributed by atoms with E-state index in [1.165, 1.54) is 0 Å². The number of pyridine rings is 1. The molecule has 2 nitrogen and oxygen atoms in total. The van der Waals surface area contributed by atoms with Crippen molar-refractivity contribution >= 4 is 6.08 Å². The second kappa shape index (κ2) is 4.13. The molecular weight excluding hydrogens is 184 g/mol. The first-order chi connectivity index (χ1) is 7.33. The summed E-state index contributed by atoms with van der Waals surface area (Å²) in [5.41, 5.74) is 2.19. The summed E-state index contributed by atoms with van der Waals surface area (Å²) in [7, 11) is 0. The van der Waals surface area contributed by atoms with Crippen molar-refractivity contribution in [2.24, 2.45) is 0 Å². The smallest absolute Gasteiger partial charge is 0.0728 e. The highest BCUT2D eigenvalue weighted by atomic mass is 15.0. The van der Waals surface area contributed by atoms with Gasteiger partial charge < -0.3 is 4.57 Å². The molecule has 2 aromatic rings. The molecule has 2 rings (SSSR count). The molecule has 0 saturated heterocycles. The fourth-order valence-electron chi connectivity index (χ4n) is 1.70. The minimum Gasteiger partial charge on any atom is -0.339 e.